The number of carbonyl (C=O) groups is 4. The fourth-order valence-corrected chi connectivity index (χ4v) is 12.7. The molecule has 0 bridgehead atoms. The van der Waals surface area contributed by atoms with Crippen LogP contribution in [-0.4, -0.2) is 96.7 Å². The summed E-state index contributed by atoms with van der Waals surface area (Å²) in [5, 5.41) is 10.6. The number of phosphoric acid groups is 2. The molecule has 0 rings (SSSR count). The van der Waals surface area contributed by atoms with Gasteiger partial charge in [-0.25, -0.2) is 9.13 Å². The zero-order valence-electron chi connectivity index (χ0n) is 60.9. The molecule has 0 aliphatic carbocycles. The van der Waals surface area contributed by atoms with Crippen molar-refractivity contribution >= 4 is 39.5 Å². The van der Waals surface area contributed by atoms with Crippen LogP contribution < -0.4 is 0 Å². The highest BCUT2D eigenvalue weighted by atomic mass is 31.2. The van der Waals surface area contributed by atoms with E-state index in [0.29, 0.717) is 31.6 Å². The smallest absolute Gasteiger partial charge is 0.462 e. The van der Waals surface area contributed by atoms with Gasteiger partial charge in [0.2, 0.25) is 0 Å². The summed E-state index contributed by atoms with van der Waals surface area (Å²) in [6, 6.07) is 0. The van der Waals surface area contributed by atoms with Crippen LogP contribution >= 0.6 is 15.6 Å². The minimum absolute atomic E-state index is 0.104. The van der Waals surface area contributed by atoms with Crippen LogP contribution in [0.3, 0.4) is 0 Å². The van der Waals surface area contributed by atoms with Crippen molar-refractivity contribution in [1.82, 2.24) is 0 Å². The lowest BCUT2D eigenvalue weighted by Gasteiger charge is -2.21. The van der Waals surface area contributed by atoms with E-state index >= 15 is 0 Å². The van der Waals surface area contributed by atoms with Crippen molar-refractivity contribution < 1.29 is 80.2 Å². The normalized spacial score (nSPS) is 14.5. The van der Waals surface area contributed by atoms with Gasteiger partial charge in [0.05, 0.1) is 26.4 Å². The molecule has 0 aromatic rings. The van der Waals surface area contributed by atoms with E-state index in [1.54, 1.807) is 0 Å². The molecule has 0 aromatic heterocycles. The Labute approximate surface area is 568 Å². The molecule has 0 aliphatic rings. The minimum Gasteiger partial charge on any atom is -0.462 e. The highest BCUT2D eigenvalue weighted by Crippen LogP contribution is 2.45. The summed E-state index contributed by atoms with van der Waals surface area (Å²) in [4.78, 5) is 72.7. The van der Waals surface area contributed by atoms with Gasteiger partial charge in [0.15, 0.2) is 12.2 Å². The van der Waals surface area contributed by atoms with Crippen molar-refractivity contribution in [2.24, 2.45) is 23.7 Å². The Hall–Kier alpha value is -1.94. The molecule has 6 atom stereocenters. The van der Waals surface area contributed by atoms with Crippen LogP contribution in [0.1, 0.15) is 370 Å². The molecule has 552 valence electrons. The lowest BCUT2D eigenvalue weighted by atomic mass is 9.99. The minimum atomic E-state index is -4.96. The van der Waals surface area contributed by atoms with E-state index in [1.807, 2.05) is 0 Å². The van der Waals surface area contributed by atoms with Crippen molar-refractivity contribution in [2.75, 3.05) is 39.6 Å². The number of esters is 4. The van der Waals surface area contributed by atoms with Crippen molar-refractivity contribution in [2.45, 2.75) is 388 Å². The maximum absolute atomic E-state index is 13.1. The molecule has 0 radical (unpaired) electrons. The van der Waals surface area contributed by atoms with Gasteiger partial charge in [-0.05, 0) is 49.4 Å². The first-order chi connectivity index (χ1) is 44.6. The molecule has 0 saturated carbocycles. The first-order valence-electron chi connectivity index (χ1n) is 38.2. The number of aliphatic hydroxyl groups is 1. The van der Waals surface area contributed by atoms with Crippen LogP contribution in [0.4, 0.5) is 0 Å². The van der Waals surface area contributed by atoms with Gasteiger partial charge in [0, 0.05) is 25.7 Å². The second-order valence-corrected chi connectivity index (χ2v) is 31.3. The summed E-state index contributed by atoms with van der Waals surface area (Å²) in [6.45, 7) is 14.1. The Morgan fingerprint density at radius 2 is 0.516 bits per heavy atom. The Balaban J connectivity index is 5.25. The van der Waals surface area contributed by atoms with E-state index in [4.69, 9.17) is 37.0 Å². The van der Waals surface area contributed by atoms with Crippen LogP contribution in [0.15, 0.2) is 0 Å². The molecule has 0 saturated heterocycles. The second kappa shape index (κ2) is 63.5. The standard InChI is InChI=1S/C74H144O17P2/c1-9-67(8)53-45-37-28-24-25-31-41-49-57-74(79)91-70(61-85-72(77)55-47-39-33-32-36-44-52-66(6)7)63-89-93(82,83)87-59-68(75)58-86-92(80,81)88-62-69(90-73(78)56-48-40-30-23-19-15-11-13-17-21-27-35-43-51-65(4)5)60-84-71(76)54-46-38-29-22-18-14-10-12-16-20-26-34-42-50-64(2)3/h64-70,75H,9-63H2,1-8H3,(H,80,81)(H,82,83)/t67?,68-,69-,70-/m1/s1. The summed E-state index contributed by atoms with van der Waals surface area (Å²) < 4.78 is 68.4. The highest BCUT2D eigenvalue weighted by Gasteiger charge is 2.30. The molecule has 0 aromatic carbocycles. The number of hydrogen-bond acceptors (Lipinski definition) is 15. The van der Waals surface area contributed by atoms with Gasteiger partial charge < -0.3 is 33.8 Å². The van der Waals surface area contributed by atoms with Crippen molar-refractivity contribution in [3.05, 3.63) is 0 Å². The molecule has 0 amide bonds. The molecule has 3 N–H and O–H groups in total. The molecule has 93 heavy (non-hydrogen) atoms. The van der Waals surface area contributed by atoms with E-state index in [9.17, 15) is 43.2 Å². The summed E-state index contributed by atoms with van der Waals surface area (Å²) in [7, 11) is -9.91. The molecular weight excluding hydrogens is 1220 g/mol. The zero-order valence-corrected chi connectivity index (χ0v) is 62.7. The third-order valence-electron chi connectivity index (χ3n) is 17.4. The van der Waals surface area contributed by atoms with Gasteiger partial charge in [0.25, 0.3) is 0 Å². The molecule has 0 spiro atoms. The molecule has 0 fully saturated rings. The third kappa shape index (κ3) is 67.0. The van der Waals surface area contributed by atoms with Crippen LogP contribution in [0, 0.1) is 23.7 Å². The maximum Gasteiger partial charge on any atom is 0.472 e. The number of ether oxygens (including phenoxy) is 4. The van der Waals surface area contributed by atoms with Gasteiger partial charge in [-0.2, -0.15) is 0 Å². The van der Waals surface area contributed by atoms with E-state index in [1.165, 1.54) is 167 Å². The summed E-state index contributed by atoms with van der Waals surface area (Å²) in [6.07, 6.45) is 47.3. The van der Waals surface area contributed by atoms with Gasteiger partial charge >= 0.3 is 39.5 Å². The van der Waals surface area contributed by atoms with Crippen LogP contribution in [0.2, 0.25) is 0 Å². The first-order valence-corrected chi connectivity index (χ1v) is 41.2. The Kier molecular flexibility index (Phi) is 62.2. The Morgan fingerprint density at radius 3 is 0.763 bits per heavy atom. The van der Waals surface area contributed by atoms with Gasteiger partial charge in [-0.1, -0.05) is 319 Å². The Morgan fingerprint density at radius 1 is 0.301 bits per heavy atom. The fourth-order valence-electron chi connectivity index (χ4n) is 11.2. The Bertz CT molecular complexity index is 1840. The van der Waals surface area contributed by atoms with Gasteiger partial charge in [-0.3, -0.25) is 37.3 Å². The average molecular weight is 1370 g/mol. The first kappa shape index (κ1) is 91.1. The van der Waals surface area contributed by atoms with Crippen molar-refractivity contribution in [3.63, 3.8) is 0 Å². The van der Waals surface area contributed by atoms with Crippen LogP contribution in [-0.2, 0) is 65.4 Å². The summed E-state index contributed by atoms with van der Waals surface area (Å²) in [5.41, 5.74) is 0. The number of unbranched alkanes of at least 4 members (excludes halogenated alkanes) is 36. The molecular formula is C74H144O17P2. The molecule has 0 aliphatic heterocycles. The third-order valence-corrected chi connectivity index (χ3v) is 19.3. The van der Waals surface area contributed by atoms with E-state index < -0.39 is 97.5 Å². The lowest BCUT2D eigenvalue weighted by Crippen LogP contribution is -2.30. The summed E-state index contributed by atoms with van der Waals surface area (Å²) >= 11 is 0. The number of aliphatic hydroxyl groups excluding tert-OH is 1. The molecule has 19 heteroatoms. The number of phosphoric ester groups is 2. The van der Waals surface area contributed by atoms with E-state index in [2.05, 4.69) is 55.4 Å². The monoisotopic (exact) mass is 1370 g/mol. The molecule has 3 unspecified atom stereocenters. The fraction of sp³-hybridized carbons (Fsp3) is 0.946. The van der Waals surface area contributed by atoms with Crippen LogP contribution in [0.5, 0.6) is 0 Å². The zero-order chi connectivity index (χ0) is 68.9. The topological polar surface area (TPSA) is 237 Å². The number of rotatable bonds is 71. The van der Waals surface area contributed by atoms with E-state index in [0.717, 1.165) is 114 Å². The largest absolute Gasteiger partial charge is 0.472 e. The highest BCUT2D eigenvalue weighted by molar-refractivity contribution is 7.47. The molecule has 17 nitrogen and oxygen atoms in total. The SMILES string of the molecule is CCC(C)CCCCCCCCCCC(=O)O[C@H](COC(=O)CCCCCCCCC(C)C)COP(=O)(O)OC[C@H](O)COP(=O)(O)OC[C@@H](COC(=O)CCCCCCCCCCCCCCCC(C)C)OC(=O)CCCCCCCCCCCCCCCC(C)C. The van der Waals surface area contributed by atoms with Gasteiger partial charge in [-0.15, -0.1) is 0 Å². The van der Waals surface area contributed by atoms with E-state index in [-0.39, 0.29) is 25.7 Å². The number of carbonyl (C=O) groups excluding carboxylic acids is 4. The van der Waals surface area contributed by atoms with Crippen molar-refractivity contribution in [1.29, 1.82) is 0 Å². The van der Waals surface area contributed by atoms with Crippen molar-refractivity contribution in [3.8, 4) is 0 Å². The average Bonchev–Trinajstić information content (AvgIpc) is 3.73. The maximum atomic E-state index is 13.1. The molecule has 0 heterocycles. The number of hydrogen-bond donors (Lipinski definition) is 3. The predicted molar refractivity (Wildman–Crippen MR) is 377 cm³/mol. The van der Waals surface area contributed by atoms with Gasteiger partial charge in [0.1, 0.15) is 19.3 Å². The lowest BCUT2D eigenvalue weighted by molar-refractivity contribution is -0.161. The van der Waals surface area contributed by atoms with Crippen LogP contribution in [0.25, 0.3) is 0 Å². The summed E-state index contributed by atoms with van der Waals surface area (Å²) in [5.74, 6) is 0.901. The predicted octanol–water partition coefficient (Wildman–Crippen LogP) is 21.3. The quantitative estimate of drug-likeness (QED) is 0.0222. The second-order valence-electron chi connectivity index (χ2n) is 28.4.